The summed E-state index contributed by atoms with van der Waals surface area (Å²) < 4.78 is 0. The Morgan fingerprint density at radius 1 is 1.33 bits per heavy atom. The van der Waals surface area contributed by atoms with Gasteiger partial charge in [0, 0.05) is 6.42 Å². The van der Waals surface area contributed by atoms with Crippen LogP contribution >= 0.6 is 11.6 Å². The molecule has 0 aromatic carbocycles. The van der Waals surface area contributed by atoms with Crippen molar-refractivity contribution in [2.75, 3.05) is 0 Å². The Morgan fingerprint density at radius 3 is 2.81 bits per heavy atom. The van der Waals surface area contributed by atoms with Gasteiger partial charge in [-0.3, -0.25) is 4.79 Å². The van der Waals surface area contributed by atoms with Crippen molar-refractivity contribution < 1.29 is 14.7 Å². The summed E-state index contributed by atoms with van der Waals surface area (Å²) in [5, 5.41) is 9.49. The predicted octanol–water partition coefficient (Wildman–Crippen LogP) is 0.505. The average Bonchev–Trinajstić information content (AvgIpc) is 2.93. The molecule has 2 aromatic rings. The van der Waals surface area contributed by atoms with E-state index in [0.717, 1.165) is 5.69 Å². The first-order valence-corrected chi connectivity index (χ1v) is 6.46. The van der Waals surface area contributed by atoms with Crippen molar-refractivity contribution in [3.8, 4) is 0 Å². The van der Waals surface area contributed by atoms with Gasteiger partial charge in [-0.2, -0.15) is 0 Å². The molecule has 0 bridgehead atoms. The summed E-state index contributed by atoms with van der Waals surface area (Å²) in [5.41, 5.74) is 1.44. The number of amides is 1. The van der Waals surface area contributed by atoms with Gasteiger partial charge in [0.2, 0.25) is 0 Å². The minimum Gasteiger partial charge on any atom is -0.480 e. The molecular weight excluding hydrogens is 298 g/mol. The van der Waals surface area contributed by atoms with Gasteiger partial charge < -0.3 is 15.0 Å². The maximum Gasteiger partial charge on any atom is 0.326 e. The molecule has 8 nitrogen and oxygen atoms in total. The third-order valence-corrected chi connectivity index (χ3v) is 3.48. The number of nitrogens with one attached hydrogen (secondary N) is 1. The number of H-pyrrole nitrogens is 1. The molecular formula is C12H10ClN5O3. The summed E-state index contributed by atoms with van der Waals surface area (Å²) >= 11 is 5.63. The second kappa shape index (κ2) is 5.13. The second-order valence-corrected chi connectivity index (χ2v) is 4.93. The molecule has 108 valence electrons. The van der Waals surface area contributed by atoms with Gasteiger partial charge >= 0.3 is 5.97 Å². The smallest absolute Gasteiger partial charge is 0.326 e. The number of halogens is 1. The Balaban J connectivity index is 1.93. The third-order valence-electron chi connectivity index (χ3n) is 3.28. The standard InChI is InChI=1S/C12H10ClN5O3/c13-10-3-14-7(2-15-10)11(19)18-4-8-6(16-5-17-8)1-9(18)12(20)21/h2-3,5,9H,1,4H2,(H,16,17)(H,20,21). The van der Waals surface area contributed by atoms with E-state index in [1.54, 1.807) is 0 Å². The minimum atomic E-state index is -1.08. The number of aromatic amines is 1. The van der Waals surface area contributed by atoms with Gasteiger partial charge in [0.15, 0.2) is 0 Å². The van der Waals surface area contributed by atoms with E-state index in [1.807, 2.05) is 0 Å². The highest BCUT2D eigenvalue weighted by Crippen LogP contribution is 2.22. The third kappa shape index (κ3) is 2.45. The number of carbonyl (C=O) groups excluding carboxylic acids is 1. The lowest BCUT2D eigenvalue weighted by Crippen LogP contribution is -2.49. The van der Waals surface area contributed by atoms with E-state index in [4.69, 9.17) is 11.6 Å². The number of hydrogen-bond donors (Lipinski definition) is 2. The first kappa shape index (κ1) is 13.5. The van der Waals surface area contributed by atoms with Crippen molar-refractivity contribution in [2.24, 2.45) is 0 Å². The van der Waals surface area contributed by atoms with E-state index < -0.39 is 17.9 Å². The maximum absolute atomic E-state index is 12.4. The van der Waals surface area contributed by atoms with Crippen LogP contribution in [0.15, 0.2) is 18.7 Å². The molecule has 21 heavy (non-hydrogen) atoms. The molecule has 1 aliphatic heterocycles. The molecule has 2 N–H and O–H groups in total. The van der Waals surface area contributed by atoms with E-state index in [0.29, 0.717) is 5.69 Å². The summed E-state index contributed by atoms with van der Waals surface area (Å²) in [7, 11) is 0. The zero-order chi connectivity index (χ0) is 15.0. The topological polar surface area (TPSA) is 112 Å². The summed E-state index contributed by atoms with van der Waals surface area (Å²) in [6.07, 6.45) is 4.11. The first-order chi connectivity index (χ1) is 10.1. The Labute approximate surface area is 123 Å². The molecule has 2 aromatic heterocycles. The lowest BCUT2D eigenvalue weighted by atomic mass is 10.0. The fourth-order valence-electron chi connectivity index (χ4n) is 2.24. The molecule has 0 spiro atoms. The Hall–Kier alpha value is -2.48. The van der Waals surface area contributed by atoms with Crippen molar-refractivity contribution in [2.45, 2.75) is 19.0 Å². The Bertz CT molecular complexity index is 699. The maximum atomic E-state index is 12.4. The van der Waals surface area contributed by atoms with Crippen LogP contribution in [0.25, 0.3) is 0 Å². The van der Waals surface area contributed by atoms with E-state index in [2.05, 4.69) is 19.9 Å². The SMILES string of the molecule is O=C(O)C1Cc2nc[nH]c2CN1C(=O)c1cnc(Cl)cn1. The highest BCUT2D eigenvalue weighted by Gasteiger charge is 2.36. The van der Waals surface area contributed by atoms with Crippen LogP contribution in [0.2, 0.25) is 5.15 Å². The highest BCUT2D eigenvalue weighted by molar-refractivity contribution is 6.29. The molecule has 1 unspecified atom stereocenters. The Kier molecular flexibility index (Phi) is 3.30. The van der Waals surface area contributed by atoms with Gasteiger partial charge in [-0.1, -0.05) is 11.6 Å². The molecule has 0 saturated heterocycles. The van der Waals surface area contributed by atoms with Crippen LogP contribution in [-0.4, -0.2) is 47.9 Å². The molecule has 1 amide bonds. The molecule has 0 saturated carbocycles. The van der Waals surface area contributed by atoms with Crippen LogP contribution < -0.4 is 0 Å². The lowest BCUT2D eigenvalue weighted by Gasteiger charge is -2.31. The van der Waals surface area contributed by atoms with Crippen molar-refractivity contribution in [3.05, 3.63) is 41.0 Å². The first-order valence-electron chi connectivity index (χ1n) is 6.08. The van der Waals surface area contributed by atoms with E-state index in [-0.39, 0.29) is 23.8 Å². The van der Waals surface area contributed by atoms with Gasteiger partial charge in [-0.25, -0.2) is 19.7 Å². The summed E-state index contributed by atoms with van der Waals surface area (Å²) in [6, 6.07) is -0.981. The number of carboxylic acids is 1. The monoisotopic (exact) mass is 307 g/mol. The normalized spacial score (nSPS) is 17.4. The number of aliphatic carboxylic acids is 1. The Morgan fingerprint density at radius 2 is 2.14 bits per heavy atom. The van der Waals surface area contributed by atoms with E-state index in [9.17, 15) is 14.7 Å². The number of carbonyl (C=O) groups is 2. The lowest BCUT2D eigenvalue weighted by molar-refractivity contribution is -0.142. The van der Waals surface area contributed by atoms with Gasteiger partial charge in [0.25, 0.3) is 5.91 Å². The molecule has 0 fully saturated rings. The minimum absolute atomic E-state index is 0.0496. The van der Waals surface area contributed by atoms with Gasteiger partial charge in [-0.05, 0) is 0 Å². The molecule has 0 radical (unpaired) electrons. The highest BCUT2D eigenvalue weighted by atomic mass is 35.5. The van der Waals surface area contributed by atoms with Crippen LogP contribution in [0.3, 0.4) is 0 Å². The molecule has 9 heteroatoms. The van der Waals surface area contributed by atoms with Crippen molar-refractivity contribution >= 4 is 23.5 Å². The molecule has 0 aliphatic carbocycles. The van der Waals surface area contributed by atoms with Crippen molar-refractivity contribution in [3.63, 3.8) is 0 Å². The quantitative estimate of drug-likeness (QED) is 0.835. The fraction of sp³-hybridized carbons (Fsp3) is 0.250. The van der Waals surface area contributed by atoms with Crippen molar-refractivity contribution in [1.82, 2.24) is 24.8 Å². The van der Waals surface area contributed by atoms with Crippen LogP contribution in [0.5, 0.6) is 0 Å². The molecule has 3 heterocycles. The molecule has 3 rings (SSSR count). The fourth-order valence-corrected chi connectivity index (χ4v) is 2.34. The van der Waals surface area contributed by atoms with Crippen LogP contribution in [0.4, 0.5) is 0 Å². The number of nitrogens with zero attached hydrogens (tertiary/aromatic N) is 4. The summed E-state index contributed by atoms with van der Waals surface area (Å²) in [5.74, 6) is -1.59. The number of rotatable bonds is 2. The number of fused-ring (bicyclic) bond motifs is 1. The van der Waals surface area contributed by atoms with Crippen molar-refractivity contribution in [1.29, 1.82) is 0 Å². The molecule has 1 aliphatic rings. The second-order valence-electron chi connectivity index (χ2n) is 4.54. The van der Waals surface area contributed by atoms with Gasteiger partial charge in [-0.15, -0.1) is 0 Å². The van der Waals surface area contributed by atoms with E-state index in [1.165, 1.54) is 23.6 Å². The average molecular weight is 308 g/mol. The predicted molar refractivity (Wildman–Crippen MR) is 70.6 cm³/mol. The number of imidazole rings is 1. The van der Waals surface area contributed by atoms with Gasteiger partial charge in [0.05, 0.1) is 36.7 Å². The van der Waals surface area contributed by atoms with Crippen LogP contribution in [0, 0.1) is 0 Å². The molecule has 1 atom stereocenters. The largest absolute Gasteiger partial charge is 0.480 e. The number of aromatic nitrogens is 4. The zero-order valence-electron chi connectivity index (χ0n) is 10.7. The number of carboxylic acid groups (broad SMARTS) is 1. The summed E-state index contributed by atoms with van der Waals surface area (Å²) in [4.78, 5) is 39.7. The zero-order valence-corrected chi connectivity index (χ0v) is 11.4. The summed E-state index contributed by atoms with van der Waals surface area (Å²) in [6.45, 7) is 0.134. The van der Waals surface area contributed by atoms with Gasteiger partial charge in [0.1, 0.15) is 16.9 Å². The van der Waals surface area contributed by atoms with E-state index >= 15 is 0 Å². The number of hydrogen-bond acceptors (Lipinski definition) is 5. The van der Waals surface area contributed by atoms with Crippen LogP contribution in [-0.2, 0) is 17.8 Å². The van der Waals surface area contributed by atoms with Crippen LogP contribution in [0.1, 0.15) is 21.9 Å².